The molecule has 1 heterocycles. The average molecular weight is 196 g/mol. The molecule has 3 nitrogen and oxygen atoms in total. The molecule has 0 bridgehead atoms. The van der Waals surface area contributed by atoms with E-state index in [1.165, 1.54) is 6.08 Å². The number of hydrogen-bond acceptors (Lipinski definition) is 3. The zero-order valence-electron chi connectivity index (χ0n) is 7.56. The Morgan fingerprint density at radius 2 is 2.62 bits per heavy atom. The summed E-state index contributed by atoms with van der Waals surface area (Å²) in [7, 11) is 0. The first-order chi connectivity index (χ1) is 6.27. The Bertz CT molecular complexity index is 282. The van der Waals surface area contributed by atoms with Gasteiger partial charge < -0.3 is 4.90 Å². The number of carbonyl (C=O) groups is 1. The third kappa shape index (κ3) is 2.66. The summed E-state index contributed by atoms with van der Waals surface area (Å²) in [6.45, 7) is 6.66. The van der Waals surface area contributed by atoms with Gasteiger partial charge in [0.2, 0.25) is 5.91 Å². The van der Waals surface area contributed by atoms with Crippen molar-refractivity contribution in [3.05, 3.63) is 29.2 Å². The summed E-state index contributed by atoms with van der Waals surface area (Å²) in [5, 5.41) is 2.86. The van der Waals surface area contributed by atoms with Crippen LogP contribution in [0.5, 0.6) is 0 Å². The fourth-order valence-electron chi connectivity index (χ4n) is 0.969. The number of likely N-dealkylation sites (N-methyl/N-ethyl adjacent to an activating group) is 1. The van der Waals surface area contributed by atoms with Crippen LogP contribution in [-0.2, 0) is 11.3 Å². The lowest BCUT2D eigenvalue weighted by Crippen LogP contribution is -2.28. The van der Waals surface area contributed by atoms with Crippen LogP contribution in [0.2, 0.25) is 0 Å². The number of aromatic nitrogens is 1. The minimum atomic E-state index is -0.0438. The molecule has 0 aliphatic heterocycles. The van der Waals surface area contributed by atoms with Crippen molar-refractivity contribution in [1.29, 1.82) is 0 Å². The molecule has 0 atom stereocenters. The zero-order valence-corrected chi connectivity index (χ0v) is 8.38. The summed E-state index contributed by atoms with van der Waals surface area (Å²) >= 11 is 1.56. The van der Waals surface area contributed by atoms with Crippen LogP contribution in [0.3, 0.4) is 0 Å². The molecule has 1 rings (SSSR count). The van der Waals surface area contributed by atoms with Crippen molar-refractivity contribution in [1.82, 2.24) is 9.88 Å². The van der Waals surface area contributed by atoms with Crippen LogP contribution in [0.15, 0.2) is 24.2 Å². The zero-order chi connectivity index (χ0) is 9.68. The number of amides is 1. The Kier molecular flexibility index (Phi) is 3.64. The SMILES string of the molecule is C=CC(=O)N(CC)Cc1nccs1. The molecule has 0 aliphatic carbocycles. The van der Waals surface area contributed by atoms with E-state index in [4.69, 9.17) is 0 Å². The van der Waals surface area contributed by atoms with Gasteiger partial charge in [-0.3, -0.25) is 4.79 Å². The van der Waals surface area contributed by atoms with Gasteiger partial charge >= 0.3 is 0 Å². The van der Waals surface area contributed by atoms with Gasteiger partial charge in [-0.2, -0.15) is 0 Å². The molecule has 4 heteroatoms. The highest BCUT2D eigenvalue weighted by Crippen LogP contribution is 2.07. The molecule has 0 radical (unpaired) electrons. The molecule has 0 N–H and O–H groups in total. The lowest BCUT2D eigenvalue weighted by molar-refractivity contribution is -0.126. The number of rotatable bonds is 4. The third-order valence-corrected chi connectivity index (χ3v) is 2.44. The highest BCUT2D eigenvalue weighted by atomic mass is 32.1. The summed E-state index contributed by atoms with van der Waals surface area (Å²) in [5.74, 6) is -0.0438. The number of nitrogens with zero attached hydrogens (tertiary/aromatic N) is 2. The molecule has 70 valence electrons. The first-order valence-electron chi connectivity index (χ1n) is 4.07. The Hall–Kier alpha value is -1.16. The predicted molar refractivity (Wildman–Crippen MR) is 53.4 cm³/mol. The van der Waals surface area contributed by atoms with E-state index in [-0.39, 0.29) is 5.91 Å². The smallest absolute Gasteiger partial charge is 0.246 e. The fraction of sp³-hybridized carbons (Fsp3) is 0.333. The lowest BCUT2D eigenvalue weighted by Gasteiger charge is -2.16. The minimum Gasteiger partial charge on any atom is -0.333 e. The van der Waals surface area contributed by atoms with Gasteiger partial charge in [0.1, 0.15) is 5.01 Å². The van der Waals surface area contributed by atoms with Crippen molar-refractivity contribution in [3.63, 3.8) is 0 Å². The van der Waals surface area contributed by atoms with Crippen molar-refractivity contribution < 1.29 is 4.79 Å². The number of carbonyl (C=O) groups excluding carboxylic acids is 1. The van der Waals surface area contributed by atoms with Crippen LogP contribution in [0, 0.1) is 0 Å². The standard InChI is InChI=1S/C9H12N2OS/c1-3-9(12)11(4-2)7-8-10-5-6-13-8/h3,5-6H,1,4,7H2,2H3. The predicted octanol–water partition coefficient (Wildman–Crippen LogP) is 1.68. The van der Waals surface area contributed by atoms with Gasteiger partial charge in [-0.15, -0.1) is 11.3 Å². The van der Waals surface area contributed by atoms with E-state index in [2.05, 4.69) is 11.6 Å². The van der Waals surface area contributed by atoms with E-state index in [1.807, 2.05) is 12.3 Å². The van der Waals surface area contributed by atoms with Gasteiger partial charge in [0.05, 0.1) is 6.54 Å². The van der Waals surface area contributed by atoms with Gasteiger partial charge in [-0.25, -0.2) is 4.98 Å². The van der Waals surface area contributed by atoms with Crippen LogP contribution in [0.1, 0.15) is 11.9 Å². The summed E-state index contributed by atoms with van der Waals surface area (Å²) in [5.41, 5.74) is 0. The van der Waals surface area contributed by atoms with Crippen molar-refractivity contribution in [2.75, 3.05) is 6.54 Å². The van der Waals surface area contributed by atoms with Gasteiger partial charge in [0.15, 0.2) is 0 Å². The van der Waals surface area contributed by atoms with Crippen LogP contribution in [0.4, 0.5) is 0 Å². The molecule has 1 aromatic rings. The van der Waals surface area contributed by atoms with Crippen molar-refractivity contribution in [2.24, 2.45) is 0 Å². The van der Waals surface area contributed by atoms with Crippen LogP contribution < -0.4 is 0 Å². The first-order valence-corrected chi connectivity index (χ1v) is 4.95. The molecule has 0 fully saturated rings. The molecule has 0 aromatic carbocycles. The maximum Gasteiger partial charge on any atom is 0.246 e. The number of thiazole rings is 1. The molecule has 1 aromatic heterocycles. The van der Waals surface area contributed by atoms with Crippen LogP contribution in [-0.4, -0.2) is 22.3 Å². The first kappa shape index (κ1) is 9.92. The highest BCUT2D eigenvalue weighted by Gasteiger charge is 2.09. The lowest BCUT2D eigenvalue weighted by atomic mass is 10.4. The molecule has 0 saturated heterocycles. The summed E-state index contributed by atoms with van der Waals surface area (Å²) in [6.07, 6.45) is 3.07. The second kappa shape index (κ2) is 4.77. The maximum atomic E-state index is 11.3. The summed E-state index contributed by atoms with van der Waals surface area (Å²) in [4.78, 5) is 17.1. The van der Waals surface area contributed by atoms with Crippen LogP contribution in [0.25, 0.3) is 0 Å². The molecule has 13 heavy (non-hydrogen) atoms. The van der Waals surface area contributed by atoms with E-state index < -0.39 is 0 Å². The average Bonchev–Trinajstić information content (AvgIpc) is 2.65. The second-order valence-electron chi connectivity index (χ2n) is 2.48. The molecule has 0 aliphatic rings. The summed E-state index contributed by atoms with van der Waals surface area (Å²) < 4.78 is 0. The number of hydrogen-bond donors (Lipinski definition) is 0. The van der Waals surface area contributed by atoms with E-state index in [0.717, 1.165) is 5.01 Å². The Morgan fingerprint density at radius 3 is 3.08 bits per heavy atom. The molecular formula is C9H12N2OS. The van der Waals surface area contributed by atoms with E-state index >= 15 is 0 Å². The van der Waals surface area contributed by atoms with Gasteiger partial charge in [0.25, 0.3) is 0 Å². The fourth-order valence-corrected chi connectivity index (χ4v) is 1.60. The Morgan fingerprint density at radius 1 is 1.85 bits per heavy atom. The van der Waals surface area contributed by atoms with Crippen LogP contribution >= 0.6 is 11.3 Å². The topological polar surface area (TPSA) is 33.2 Å². The maximum absolute atomic E-state index is 11.3. The Balaban J connectivity index is 2.59. The highest BCUT2D eigenvalue weighted by molar-refractivity contribution is 7.09. The van der Waals surface area contributed by atoms with E-state index in [1.54, 1.807) is 22.4 Å². The Labute approximate surface area is 81.7 Å². The summed E-state index contributed by atoms with van der Waals surface area (Å²) in [6, 6.07) is 0. The largest absolute Gasteiger partial charge is 0.333 e. The van der Waals surface area contributed by atoms with Gasteiger partial charge in [-0.1, -0.05) is 6.58 Å². The monoisotopic (exact) mass is 196 g/mol. The van der Waals surface area contributed by atoms with Crippen molar-refractivity contribution >= 4 is 17.2 Å². The van der Waals surface area contributed by atoms with E-state index in [0.29, 0.717) is 13.1 Å². The molecular weight excluding hydrogens is 184 g/mol. The minimum absolute atomic E-state index is 0.0438. The van der Waals surface area contributed by atoms with Crippen molar-refractivity contribution in [2.45, 2.75) is 13.5 Å². The molecule has 0 saturated carbocycles. The molecule has 0 unspecified atom stereocenters. The normalized spacial score (nSPS) is 9.62. The second-order valence-corrected chi connectivity index (χ2v) is 3.46. The van der Waals surface area contributed by atoms with E-state index in [9.17, 15) is 4.79 Å². The van der Waals surface area contributed by atoms with Gasteiger partial charge in [0, 0.05) is 18.1 Å². The third-order valence-electron chi connectivity index (χ3n) is 1.68. The van der Waals surface area contributed by atoms with Gasteiger partial charge in [-0.05, 0) is 13.0 Å². The quantitative estimate of drug-likeness (QED) is 0.686. The van der Waals surface area contributed by atoms with Crippen molar-refractivity contribution in [3.8, 4) is 0 Å². The molecule has 1 amide bonds. The molecule has 0 spiro atoms.